The molecule has 1 N–H and O–H groups in total. The summed E-state index contributed by atoms with van der Waals surface area (Å²) in [7, 11) is 2.07. The minimum absolute atomic E-state index is 0.646. The summed E-state index contributed by atoms with van der Waals surface area (Å²) in [5, 5.41) is 5.96. The average molecular weight is 255 g/mol. The lowest BCUT2D eigenvalue weighted by atomic mass is 9.93. The molecule has 0 bridgehead atoms. The monoisotopic (exact) mass is 255 g/mol. The van der Waals surface area contributed by atoms with Crippen molar-refractivity contribution in [2.24, 2.45) is 5.92 Å². The smallest absolute Gasteiger partial charge is 0.0447 e. The molecular formula is C16H21N3. The Bertz CT molecular complexity index is 561. The highest BCUT2D eigenvalue weighted by Gasteiger charge is 2.25. The zero-order chi connectivity index (χ0) is 13.2. The molecule has 19 heavy (non-hydrogen) atoms. The molecule has 0 spiro atoms. The van der Waals surface area contributed by atoms with Crippen LogP contribution in [0.4, 0.5) is 5.69 Å². The first kappa shape index (κ1) is 12.4. The summed E-state index contributed by atoms with van der Waals surface area (Å²) >= 11 is 0. The van der Waals surface area contributed by atoms with Gasteiger partial charge in [0.25, 0.3) is 0 Å². The lowest BCUT2D eigenvalue weighted by molar-refractivity contribution is 0.339. The summed E-state index contributed by atoms with van der Waals surface area (Å²) in [6.07, 6.45) is 5.04. The molecule has 0 saturated carbocycles. The van der Waals surface area contributed by atoms with Gasteiger partial charge in [-0.25, -0.2) is 0 Å². The Morgan fingerprint density at radius 2 is 2.21 bits per heavy atom. The number of fused-ring (bicyclic) bond motifs is 1. The Labute approximate surface area is 114 Å². The Balaban J connectivity index is 1.93. The fourth-order valence-corrected chi connectivity index (χ4v) is 3.17. The molecule has 0 radical (unpaired) electrons. The van der Waals surface area contributed by atoms with Crippen LogP contribution in [0.2, 0.25) is 0 Å². The molecule has 1 saturated heterocycles. The number of aromatic nitrogens is 1. The zero-order valence-electron chi connectivity index (χ0n) is 11.6. The molecule has 2 heterocycles. The molecule has 1 aromatic heterocycles. The van der Waals surface area contributed by atoms with E-state index in [1.54, 1.807) is 0 Å². The van der Waals surface area contributed by atoms with Crippen molar-refractivity contribution in [1.82, 2.24) is 10.3 Å². The minimum atomic E-state index is 0.646. The second-order valence-corrected chi connectivity index (χ2v) is 5.48. The second-order valence-electron chi connectivity index (χ2n) is 5.48. The van der Waals surface area contributed by atoms with Crippen molar-refractivity contribution in [2.45, 2.75) is 19.4 Å². The third-order valence-electron chi connectivity index (χ3n) is 4.27. The van der Waals surface area contributed by atoms with Crippen molar-refractivity contribution < 1.29 is 0 Å². The molecule has 2 unspecified atom stereocenters. The maximum absolute atomic E-state index is 4.21. The molecule has 1 aliphatic rings. The van der Waals surface area contributed by atoms with Crippen LogP contribution < -0.4 is 10.2 Å². The first-order valence-corrected chi connectivity index (χ1v) is 7.04. The Morgan fingerprint density at radius 3 is 3.00 bits per heavy atom. The largest absolute Gasteiger partial charge is 0.371 e. The molecule has 0 amide bonds. The Morgan fingerprint density at radius 1 is 1.32 bits per heavy atom. The van der Waals surface area contributed by atoms with Crippen LogP contribution in [0.15, 0.2) is 36.7 Å². The van der Waals surface area contributed by atoms with Crippen LogP contribution in [0.25, 0.3) is 10.8 Å². The summed E-state index contributed by atoms with van der Waals surface area (Å²) in [5.74, 6) is 0.677. The quantitative estimate of drug-likeness (QED) is 0.894. The number of hydrogen-bond acceptors (Lipinski definition) is 3. The number of piperidine rings is 1. The number of rotatable bonds is 2. The highest BCUT2D eigenvalue weighted by Crippen LogP contribution is 2.29. The van der Waals surface area contributed by atoms with E-state index >= 15 is 0 Å². The standard InChI is InChI=1S/C16H21N3/c1-12-11-19(9-7-15(12)17-2)16-5-3-4-13-10-18-8-6-14(13)16/h3-6,8,10,12,15,17H,7,9,11H2,1-2H3. The molecule has 3 rings (SSSR count). The van der Waals surface area contributed by atoms with E-state index in [0.29, 0.717) is 12.0 Å². The van der Waals surface area contributed by atoms with Crippen LogP contribution in [-0.2, 0) is 0 Å². The predicted octanol–water partition coefficient (Wildman–Crippen LogP) is 2.67. The number of hydrogen-bond donors (Lipinski definition) is 1. The highest BCUT2D eigenvalue weighted by molar-refractivity contribution is 5.93. The lowest BCUT2D eigenvalue weighted by Gasteiger charge is -2.38. The molecule has 3 nitrogen and oxygen atoms in total. The number of nitrogens with zero attached hydrogens (tertiary/aromatic N) is 2. The maximum atomic E-state index is 4.21. The Kier molecular flexibility index (Phi) is 3.38. The van der Waals surface area contributed by atoms with E-state index in [2.05, 4.69) is 53.4 Å². The van der Waals surface area contributed by atoms with E-state index < -0.39 is 0 Å². The van der Waals surface area contributed by atoms with Crippen LogP contribution in [0.5, 0.6) is 0 Å². The van der Waals surface area contributed by atoms with Crippen LogP contribution in [0.1, 0.15) is 13.3 Å². The molecule has 1 aromatic carbocycles. The average Bonchev–Trinajstić information content (AvgIpc) is 2.46. The van der Waals surface area contributed by atoms with Gasteiger partial charge in [-0.3, -0.25) is 4.98 Å². The van der Waals surface area contributed by atoms with Gasteiger partial charge in [-0.05, 0) is 31.5 Å². The number of nitrogens with one attached hydrogen (secondary N) is 1. The van der Waals surface area contributed by atoms with E-state index in [0.717, 1.165) is 13.1 Å². The van der Waals surface area contributed by atoms with Gasteiger partial charge in [0, 0.05) is 48.0 Å². The number of pyridine rings is 1. The lowest BCUT2D eigenvalue weighted by Crippen LogP contribution is -2.47. The molecule has 2 atom stereocenters. The first-order chi connectivity index (χ1) is 9.29. The van der Waals surface area contributed by atoms with Gasteiger partial charge in [-0.1, -0.05) is 19.1 Å². The van der Waals surface area contributed by atoms with Crippen LogP contribution >= 0.6 is 0 Å². The summed E-state index contributed by atoms with van der Waals surface area (Å²) in [4.78, 5) is 6.73. The summed E-state index contributed by atoms with van der Waals surface area (Å²) in [5.41, 5.74) is 1.35. The van der Waals surface area contributed by atoms with Gasteiger partial charge in [0.15, 0.2) is 0 Å². The summed E-state index contributed by atoms with van der Waals surface area (Å²) in [6.45, 7) is 4.57. The minimum Gasteiger partial charge on any atom is -0.371 e. The SMILES string of the molecule is CNC1CCN(c2cccc3cnccc23)CC1C. The summed E-state index contributed by atoms with van der Waals surface area (Å²) < 4.78 is 0. The maximum Gasteiger partial charge on any atom is 0.0447 e. The van der Waals surface area contributed by atoms with Gasteiger partial charge in [-0.15, -0.1) is 0 Å². The third-order valence-corrected chi connectivity index (χ3v) is 4.27. The third kappa shape index (κ3) is 2.30. The normalized spacial score (nSPS) is 23.8. The van der Waals surface area contributed by atoms with Gasteiger partial charge in [0.2, 0.25) is 0 Å². The fraction of sp³-hybridized carbons (Fsp3) is 0.438. The summed E-state index contributed by atoms with van der Waals surface area (Å²) in [6, 6.07) is 9.27. The Hall–Kier alpha value is -1.61. The van der Waals surface area contributed by atoms with Crippen molar-refractivity contribution in [3.05, 3.63) is 36.7 Å². The predicted molar refractivity (Wildman–Crippen MR) is 80.6 cm³/mol. The van der Waals surface area contributed by atoms with E-state index in [4.69, 9.17) is 0 Å². The molecular weight excluding hydrogens is 234 g/mol. The van der Waals surface area contributed by atoms with Crippen molar-refractivity contribution in [1.29, 1.82) is 0 Å². The van der Waals surface area contributed by atoms with Gasteiger partial charge >= 0.3 is 0 Å². The van der Waals surface area contributed by atoms with Crippen molar-refractivity contribution in [3.63, 3.8) is 0 Å². The van der Waals surface area contributed by atoms with Gasteiger partial charge in [0.1, 0.15) is 0 Å². The van der Waals surface area contributed by atoms with E-state index in [1.807, 2.05) is 12.4 Å². The first-order valence-electron chi connectivity index (χ1n) is 7.04. The van der Waals surface area contributed by atoms with Crippen molar-refractivity contribution in [3.8, 4) is 0 Å². The molecule has 100 valence electrons. The molecule has 3 heteroatoms. The number of benzene rings is 1. The van der Waals surface area contributed by atoms with Crippen LogP contribution in [0.3, 0.4) is 0 Å². The molecule has 0 aliphatic carbocycles. The zero-order valence-corrected chi connectivity index (χ0v) is 11.6. The molecule has 1 fully saturated rings. The van der Waals surface area contributed by atoms with E-state index in [9.17, 15) is 0 Å². The van der Waals surface area contributed by atoms with E-state index in [-0.39, 0.29) is 0 Å². The molecule has 1 aliphatic heterocycles. The van der Waals surface area contributed by atoms with Crippen LogP contribution in [0, 0.1) is 5.92 Å². The van der Waals surface area contributed by atoms with Crippen molar-refractivity contribution >= 4 is 16.5 Å². The van der Waals surface area contributed by atoms with Crippen molar-refractivity contribution in [2.75, 3.05) is 25.0 Å². The highest BCUT2D eigenvalue weighted by atomic mass is 15.2. The van der Waals surface area contributed by atoms with Gasteiger partial charge in [-0.2, -0.15) is 0 Å². The number of anilines is 1. The van der Waals surface area contributed by atoms with Crippen LogP contribution in [-0.4, -0.2) is 31.2 Å². The topological polar surface area (TPSA) is 28.2 Å². The molecule has 2 aromatic rings. The van der Waals surface area contributed by atoms with E-state index in [1.165, 1.54) is 22.9 Å². The van der Waals surface area contributed by atoms with Gasteiger partial charge in [0.05, 0.1) is 0 Å². The second kappa shape index (κ2) is 5.17. The van der Waals surface area contributed by atoms with Gasteiger partial charge < -0.3 is 10.2 Å². The fourth-order valence-electron chi connectivity index (χ4n) is 3.17.